The lowest BCUT2D eigenvalue weighted by Gasteiger charge is -2.11. The largest absolute Gasteiger partial charge is 0.496 e. The number of nitrogens with zero attached hydrogens (tertiary/aromatic N) is 1. The van der Waals surface area contributed by atoms with Gasteiger partial charge < -0.3 is 15.8 Å². The molecule has 6 heteroatoms. The molecule has 1 aromatic carbocycles. The third kappa shape index (κ3) is 2.79. The van der Waals surface area contributed by atoms with Crippen LogP contribution < -0.4 is 15.8 Å². The normalized spacial score (nSPS) is 10.0. The summed E-state index contributed by atoms with van der Waals surface area (Å²) in [4.78, 5) is 15.6. The molecule has 0 fully saturated rings. The molecule has 0 radical (unpaired) electrons. The molecule has 0 atom stereocenters. The highest BCUT2D eigenvalue weighted by Gasteiger charge is 2.16. The molecule has 2 aromatic rings. The van der Waals surface area contributed by atoms with Gasteiger partial charge in [0.2, 0.25) is 5.95 Å². The number of nitrogens with one attached hydrogen (secondary N) is 1. The summed E-state index contributed by atoms with van der Waals surface area (Å²) in [5.74, 6) is -0.733. The lowest BCUT2D eigenvalue weighted by molar-refractivity contribution is 0.102. The third-order valence-electron chi connectivity index (χ3n) is 2.46. The molecular formula is C13H12FN3O2. The number of amides is 1. The van der Waals surface area contributed by atoms with Crippen LogP contribution in [0.3, 0.4) is 0 Å². The van der Waals surface area contributed by atoms with E-state index < -0.39 is 11.9 Å². The van der Waals surface area contributed by atoms with Crippen molar-refractivity contribution < 1.29 is 13.9 Å². The Kier molecular flexibility index (Phi) is 3.61. The monoisotopic (exact) mass is 261 g/mol. The van der Waals surface area contributed by atoms with E-state index in [9.17, 15) is 9.18 Å². The highest BCUT2D eigenvalue weighted by molar-refractivity contribution is 6.09. The van der Waals surface area contributed by atoms with Crippen molar-refractivity contribution in [2.75, 3.05) is 18.2 Å². The number of halogens is 1. The van der Waals surface area contributed by atoms with Crippen LogP contribution in [0.5, 0.6) is 5.75 Å². The standard InChI is InChI=1S/C13H12FN3O2/c1-19-9-5-2-4-8(15)12(9)13(18)17-11-7-3-6-10(14)16-11/h2-7H,15H2,1H3,(H,16,17,18). The Morgan fingerprint density at radius 3 is 2.74 bits per heavy atom. The molecule has 0 aliphatic rings. The summed E-state index contributed by atoms with van der Waals surface area (Å²) in [5, 5.41) is 2.46. The van der Waals surface area contributed by atoms with E-state index in [1.807, 2.05) is 0 Å². The molecule has 2 rings (SSSR count). The second kappa shape index (κ2) is 5.34. The smallest absolute Gasteiger partial charge is 0.262 e. The molecule has 0 bridgehead atoms. The maximum Gasteiger partial charge on any atom is 0.262 e. The van der Waals surface area contributed by atoms with E-state index >= 15 is 0 Å². The van der Waals surface area contributed by atoms with Gasteiger partial charge in [-0.15, -0.1) is 0 Å². The van der Waals surface area contributed by atoms with Gasteiger partial charge in [0, 0.05) is 5.69 Å². The molecule has 98 valence electrons. The van der Waals surface area contributed by atoms with E-state index in [1.165, 1.54) is 25.3 Å². The Bertz CT molecular complexity index is 617. The van der Waals surface area contributed by atoms with Gasteiger partial charge in [0.05, 0.1) is 7.11 Å². The number of carbonyl (C=O) groups excluding carboxylic acids is 1. The molecule has 0 aliphatic heterocycles. The highest BCUT2D eigenvalue weighted by Crippen LogP contribution is 2.24. The number of benzene rings is 1. The van der Waals surface area contributed by atoms with Gasteiger partial charge in [-0.2, -0.15) is 4.39 Å². The van der Waals surface area contributed by atoms with Crippen LogP contribution in [0, 0.1) is 5.95 Å². The number of hydrogen-bond acceptors (Lipinski definition) is 4. The molecule has 3 N–H and O–H groups in total. The van der Waals surface area contributed by atoms with Crippen LogP contribution >= 0.6 is 0 Å². The van der Waals surface area contributed by atoms with Crippen molar-refractivity contribution in [3.05, 3.63) is 47.9 Å². The topological polar surface area (TPSA) is 77.2 Å². The van der Waals surface area contributed by atoms with Crippen molar-refractivity contribution in [1.82, 2.24) is 4.98 Å². The lowest BCUT2D eigenvalue weighted by Crippen LogP contribution is -2.16. The van der Waals surface area contributed by atoms with Crippen molar-refractivity contribution in [3.63, 3.8) is 0 Å². The summed E-state index contributed by atoms with van der Waals surface area (Å²) in [5.41, 5.74) is 6.21. The minimum absolute atomic E-state index is 0.107. The Hall–Kier alpha value is -2.63. The summed E-state index contributed by atoms with van der Waals surface area (Å²) in [6.45, 7) is 0. The summed E-state index contributed by atoms with van der Waals surface area (Å²) in [7, 11) is 1.44. The summed E-state index contributed by atoms with van der Waals surface area (Å²) >= 11 is 0. The van der Waals surface area contributed by atoms with Crippen molar-refractivity contribution in [1.29, 1.82) is 0 Å². The van der Waals surface area contributed by atoms with E-state index in [2.05, 4.69) is 10.3 Å². The average molecular weight is 261 g/mol. The Balaban J connectivity index is 2.30. The summed E-state index contributed by atoms with van der Waals surface area (Å²) in [6.07, 6.45) is 0. The molecule has 1 heterocycles. The molecule has 1 aromatic heterocycles. The molecule has 5 nitrogen and oxygen atoms in total. The molecule has 0 saturated carbocycles. The van der Waals surface area contributed by atoms with Crippen LogP contribution in [0.1, 0.15) is 10.4 Å². The minimum Gasteiger partial charge on any atom is -0.496 e. The zero-order valence-electron chi connectivity index (χ0n) is 10.2. The number of aromatic nitrogens is 1. The Labute approximate surface area is 109 Å². The lowest BCUT2D eigenvalue weighted by atomic mass is 10.1. The number of ether oxygens (including phenoxy) is 1. The van der Waals surface area contributed by atoms with Gasteiger partial charge in [-0.1, -0.05) is 12.1 Å². The van der Waals surface area contributed by atoms with Crippen molar-refractivity contribution in [3.8, 4) is 5.75 Å². The van der Waals surface area contributed by atoms with Gasteiger partial charge in [0.25, 0.3) is 5.91 Å². The first-order valence-electron chi connectivity index (χ1n) is 5.48. The van der Waals surface area contributed by atoms with E-state index in [-0.39, 0.29) is 17.1 Å². The second-order valence-corrected chi connectivity index (χ2v) is 3.72. The van der Waals surface area contributed by atoms with Crippen molar-refractivity contribution in [2.45, 2.75) is 0 Å². The van der Waals surface area contributed by atoms with Crippen molar-refractivity contribution >= 4 is 17.4 Å². The number of methoxy groups -OCH3 is 1. The van der Waals surface area contributed by atoms with Crippen LogP contribution in [0.2, 0.25) is 0 Å². The van der Waals surface area contributed by atoms with Crippen LogP contribution in [-0.4, -0.2) is 18.0 Å². The number of pyridine rings is 1. The van der Waals surface area contributed by atoms with Gasteiger partial charge in [0.1, 0.15) is 17.1 Å². The quantitative estimate of drug-likeness (QED) is 0.655. The van der Waals surface area contributed by atoms with Crippen molar-refractivity contribution in [2.24, 2.45) is 0 Å². The first kappa shape index (κ1) is 12.8. The fraction of sp³-hybridized carbons (Fsp3) is 0.0769. The van der Waals surface area contributed by atoms with Gasteiger partial charge >= 0.3 is 0 Å². The maximum atomic E-state index is 12.9. The summed E-state index contributed by atoms with van der Waals surface area (Å²) < 4.78 is 18.0. The SMILES string of the molecule is COc1cccc(N)c1C(=O)Nc1cccc(F)n1. The number of rotatable bonds is 3. The number of nitrogen functional groups attached to an aromatic ring is 1. The zero-order chi connectivity index (χ0) is 13.8. The van der Waals surface area contributed by atoms with Crippen LogP contribution in [-0.2, 0) is 0 Å². The fourth-order valence-corrected chi connectivity index (χ4v) is 1.62. The van der Waals surface area contributed by atoms with Crippen LogP contribution in [0.4, 0.5) is 15.9 Å². The third-order valence-corrected chi connectivity index (χ3v) is 2.46. The fourth-order valence-electron chi connectivity index (χ4n) is 1.62. The number of anilines is 2. The molecule has 19 heavy (non-hydrogen) atoms. The molecule has 0 unspecified atom stereocenters. The van der Waals surface area contributed by atoms with Crippen LogP contribution in [0.15, 0.2) is 36.4 Å². The van der Waals surface area contributed by atoms with Crippen LogP contribution in [0.25, 0.3) is 0 Å². The first-order valence-corrected chi connectivity index (χ1v) is 5.48. The Morgan fingerprint density at radius 2 is 2.05 bits per heavy atom. The Morgan fingerprint density at radius 1 is 1.32 bits per heavy atom. The summed E-state index contributed by atoms with van der Waals surface area (Å²) in [6, 6.07) is 8.98. The molecular weight excluding hydrogens is 249 g/mol. The van der Waals surface area contributed by atoms with E-state index in [0.717, 1.165) is 0 Å². The predicted octanol–water partition coefficient (Wildman–Crippen LogP) is 2.06. The maximum absolute atomic E-state index is 12.9. The minimum atomic E-state index is -0.675. The van der Waals surface area contributed by atoms with E-state index in [4.69, 9.17) is 10.5 Å². The number of nitrogens with two attached hydrogens (primary N) is 1. The number of hydrogen-bond donors (Lipinski definition) is 2. The first-order chi connectivity index (χ1) is 9.11. The van der Waals surface area contributed by atoms with E-state index in [1.54, 1.807) is 18.2 Å². The second-order valence-electron chi connectivity index (χ2n) is 3.72. The average Bonchev–Trinajstić information content (AvgIpc) is 2.38. The van der Waals surface area contributed by atoms with E-state index in [0.29, 0.717) is 5.75 Å². The van der Waals surface area contributed by atoms with Gasteiger partial charge in [0.15, 0.2) is 0 Å². The zero-order valence-corrected chi connectivity index (χ0v) is 10.2. The van der Waals surface area contributed by atoms with Gasteiger partial charge in [-0.3, -0.25) is 4.79 Å². The van der Waals surface area contributed by atoms with Gasteiger partial charge in [-0.25, -0.2) is 4.98 Å². The molecule has 0 saturated heterocycles. The molecule has 1 amide bonds. The van der Waals surface area contributed by atoms with Gasteiger partial charge in [-0.05, 0) is 24.3 Å². The highest BCUT2D eigenvalue weighted by atomic mass is 19.1. The molecule has 0 spiro atoms. The molecule has 0 aliphatic carbocycles. The predicted molar refractivity (Wildman–Crippen MR) is 69.6 cm³/mol. The number of carbonyl (C=O) groups is 1.